The third-order valence-electron chi connectivity index (χ3n) is 12.3. The largest absolute Gasteiger partial charge is 0.457 e. The third kappa shape index (κ3) is 36.3. The van der Waals surface area contributed by atoms with Crippen LogP contribution in [0.3, 0.4) is 0 Å². The van der Waals surface area contributed by atoms with Crippen LogP contribution in [0.25, 0.3) is 0 Å². The van der Waals surface area contributed by atoms with E-state index < -0.39 is 43.4 Å². The van der Waals surface area contributed by atoms with Gasteiger partial charge in [0, 0.05) is 13.0 Å². The van der Waals surface area contributed by atoms with Gasteiger partial charge < -0.3 is 39.4 Å². The van der Waals surface area contributed by atoms with E-state index in [1.54, 1.807) is 0 Å². The van der Waals surface area contributed by atoms with Gasteiger partial charge in [-0.25, -0.2) is 0 Å². The Morgan fingerprint density at radius 1 is 0.516 bits per heavy atom. The molecular formula is C55H100O9. The summed E-state index contributed by atoms with van der Waals surface area (Å²) in [6, 6.07) is 0. The van der Waals surface area contributed by atoms with E-state index >= 15 is 0 Å². The van der Waals surface area contributed by atoms with Crippen molar-refractivity contribution in [2.24, 2.45) is 0 Å². The highest BCUT2D eigenvalue weighted by molar-refractivity contribution is 5.69. The van der Waals surface area contributed by atoms with Crippen LogP contribution in [0.15, 0.2) is 48.6 Å². The van der Waals surface area contributed by atoms with E-state index in [0.29, 0.717) is 13.0 Å². The Bertz CT molecular complexity index is 1120. The second kappa shape index (κ2) is 46.3. The van der Waals surface area contributed by atoms with Crippen LogP contribution in [0.5, 0.6) is 0 Å². The number of hydrogen-bond acceptors (Lipinski definition) is 9. The quantitative estimate of drug-likeness (QED) is 0.0267. The molecule has 0 aromatic heterocycles. The number of carbonyl (C=O) groups is 1. The molecule has 0 amide bonds. The van der Waals surface area contributed by atoms with E-state index in [9.17, 15) is 25.2 Å². The highest BCUT2D eigenvalue weighted by Crippen LogP contribution is 2.23. The number of carbonyl (C=O) groups excluding carboxylic acids is 1. The summed E-state index contributed by atoms with van der Waals surface area (Å²) in [6.45, 7) is 4.46. The van der Waals surface area contributed by atoms with Crippen molar-refractivity contribution in [1.82, 2.24) is 0 Å². The molecule has 9 heteroatoms. The van der Waals surface area contributed by atoms with Crippen LogP contribution < -0.4 is 0 Å². The Balaban J connectivity index is 2.19. The molecule has 1 saturated heterocycles. The van der Waals surface area contributed by atoms with Crippen molar-refractivity contribution in [3.63, 3.8) is 0 Å². The normalized spacial score (nSPS) is 19.9. The van der Waals surface area contributed by atoms with E-state index in [2.05, 4.69) is 62.5 Å². The molecule has 0 bridgehead atoms. The lowest BCUT2D eigenvalue weighted by Crippen LogP contribution is -2.59. The van der Waals surface area contributed by atoms with E-state index in [0.717, 1.165) is 70.6 Å². The maximum Gasteiger partial charge on any atom is 0.306 e. The molecule has 0 aromatic carbocycles. The summed E-state index contributed by atoms with van der Waals surface area (Å²) in [6.07, 6.45) is 51.5. The number of aliphatic hydroxyl groups is 4. The van der Waals surface area contributed by atoms with E-state index in [4.69, 9.17) is 18.9 Å². The maximum absolute atomic E-state index is 12.9. The van der Waals surface area contributed by atoms with Crippen molar-refractivity contribution in [2.45, 2.75) is 269 Å². The molecule has 9 nitrogen and oxygen atoms in total. The number of allylic oxidation sites excluding steroid dienone is 8. The molecule has 0 spiro atoms. The summed E-state index contributed by atoms with van der Waals surface area (Å²) in [5.74, 6) is -0.314. The van der Waals surface area contributed by atoms with Crippen molar-refractivity contribution in [3.05, 3.63) is 48.6 Å². The number of hydrogen-bond donors (Lipinski definition) is 4. The number of aliphatic hydroxyl groups excluding tert-OH is 4. The SMILES string of the molecule is CC/C=C\C/C=C\C/C=C\C/C=C\CCCCCCCCCOCC(COC1OC(CO)C(O)C(O)C1O)OC(=O)CCCCCCCCCCCCCCCCCCCCCCC. The summed E-state index contributed by atoms with van der Waals surface area (Å²) < 4.78 is 22.9. The van der Waals surface area contributed by atoms with Gasteiger partial charge in [0.15, 0.2) is 6.29 Å². The van der Waals surface area contributed by atoms with Gasteiger partial charge in [-0.3, -0.25) is 4.79 Å². The predicted octanol–water partition coefficient (Wildman–Crippen LogP) is 13.3. The van der Waals surface area contributed by atoms with Crippen molar-refractivity contribution in [3.8, 4) is 0 Å². The molecule has 6 atom stereocenters. The molecule has 1 aliphatic rings. The maximum atomic E-state index is 12.9. The number of ether oxygens (including phenoxy) is 4. The fourth-order valence-electron chi connectivity index (χ4n) is 8.13. The van der Waals surface area contributed by atoms with Crippen LogP contribution in [0.4, 0.5) is 0 Å². The Kier molecular flexibility index (Phi) is 43.5. The first-order valence-corrected chi connectivity index (χ1v) is 26.7. The lowest BCUT2D eigenvalue weighted by molar-refractivity contribution is -0.305. The zero-order valence-electron chi connectivity index (χ0n) is 41.3. The van der Waals surface area contributed by atoms with Gasteiger partial charge in [0.1, 0.15) is 30.5 Å². The molecule has 6 unspecified atom stereocenters. The minimum Gasteiger partial charge on any atom is -0.457 e. The molecule has 1 heterocycles. The van der Waals surface area contributed by atoms with Crippen LogP contribution in [0.2, 0.25) is 0 Å². The first kappa shape index (κ1) is 60.2. The minimum absolute atomic E-state index is 0.116. The molecule has 1 rings (SSSR count). The van der Waals surface area contributed by atoms with E-state index in [-0.39, 0.29) is 19.2 Å². The standard InChI is InChI=1S/C55H100O9/c1-3-5-7-9-11-13-15-17-19-21-23-25-26-28-30-32-34-36-38-40-42-44-51(57)63-49(48-62-55-54(60)53(59)52(58)50(46-56)64-55)47-61-45-43-41-39-37-35-33-31-29-27-24-22-20-18-16-14-12-10-8-6-4-2/h6,8,12,14,18,20,24,27,49-50,52-56,58-60H,3-5,7,9-11,13,15-17,19,21-23,25-26,28-48H2,1-2H3/b8-6-,14-12-,20-18-,27-24-. The molecule has 1 fully saturated rings. The van der Waals surface area contributed by atoms with Crippen molar-refractivity contribution in [2.75, 3.05) is 26.4 Å². The van der Waals surface area contributed by atoms with Crippen LogP contribution in [-0.4, -0.2) is 89.6 Å². The summed E-state index contributed by atoms with van der Waals surface area (Å²) >= 11 is 0. The summed E-state index contributed by atoms with van der Waals surface area (Å²) in [5.41, 5.74) is 0. The Morgan fingerprint density at radius 2 is 0.953 bits per heavy atom. The van der Waals surface area contributed by atoms with Gasteiger partial charge in [0.2, 0.25) is 0 Å². The fraction of sp³-hybridized carbons (Fsp3) is 0.836. The highest BCUT2D eigenvalue weighted by atomic mass is 16.7. The minimum atomic E-state index is -1.54. The number of unbranched alkanes of at least 4 members (excludes halogenated alkanes) is 27. The van der Waals surface area contributed by atoms with Crippen LogP contribution in [-0.2, 0) is 23.7 Å². The first-order valence-electron chi connectivity index (χ1n) is 26.7. The molecule has 0 aromatic rings. The lowest BCUT2D eigenvalue weighted by atomic mass is 9.99. The lowest BCUT2D eigenvalue weighted by Gasteiger charge is -2.39. The zero-order valence-corrected chi connectivity index (χ0v) is 41.3. The summed E-state index contributed by atoms with van der Waals surface area (Å²) in [4.78, 5) is 12.9. The third-order valence-corrected chi connectivity index (χ3v) is 12.3. The first-order chi connectivity index (χ1) is 31.4. The molecule has 0 aliphatic carbocycles. The number of rotatable bonds is 46. The molecule has 374 valence electrons. The molecule has 64 heavy (non-hydrogen) atoms. The van der Waals surface area contributed by atoms with Gasteiger partial charge in [-0.1, -0.05) is 223 Å². The average molecular weight is 905 g/mol. The molecule has 0 saturated carbocycles. The number of esters is 1. The van der Waals surface area contributed by atoms with Crippen LogP contribution >= 0.6 is 0 Å². The van der Waals surface area contributed by atoms with Gasteiger partial charge in [-0.05, 0) is 51.4 Å². The van der Waals surface area contributed by atoms with Gasteiger partial charge >= 0.3 is 5.97 Å². The van der Waals surface area contributed by atoms with Crippen LogP contribution in [0, 0.1) is 0 Å². The van der Waals surface area contributed by atoms with E-state index in [1.165, 1.54) is 141 Å². The fourth-order valence-corrected chi connectivity index (χ4v) is 8.13. The predicted molar refractivity (Wildman–Crippen MR) is 265 cm³/mol. The molecule has 4 N–H and O–H groups in total. The van der Waals surface area contributed by atoms with Crippen molar-refractivity contribution in [1.29, 1.82) is 0 Å². The average Bonchev–Trinajstić information content (AvgIpc) is 3.30. The Hall–Kier alpha value is -1.85. The Morgan fingerprint density at radius 3 is 1.44 bits per heavy atom. The summed E-state index contributed by atoms with van der Waals surface area (Å²) in [5, 5.41) is 40.3. The Labute approximate surface area is 392 Å². The second-order valence-corrected chi connectivity index (χ2v) is 18.3. The highest BCUT2D eigenvalue weighted by Gasteiger charge is 2.44. The zero-order chi connectivity index (χ0) is 46.4. The van der Waals surface area contributed by atoms with Gasteiger partial charge in [-0.15, -0.1) is 0 Å². The van der Waals surface area contributed by atoms with Gasteiger partial charge in [0.25, 0.3) is 0 Å². The molecule has 0 radical (unpaired) electrons. The topological polar surface area (TPSA) is 135 Å². The van der Waals surface area contributed by atoms with E-state index in [1.807, 2.05) is 0 Å². The summed E-state index contributed by atoms with van der Waals surface area (Å²) in [7, 11) is 0. The van der Waals surface area contributed by atoms with Gasteiger partial charge in [0.05, 0.1) is 19.8 Å². The van der Waals surface area contributed by atoms with Gasteiger partial charge in [-0.2, -0.15) is 0 Å². The van der Waals surface area contributed by atoms with Crippen LogP contribution in [0.1, 0.15) is 232 Å². The monoisotopic (exact) mass is 905 g/mol. The smallest absolute Gasteiger partial charge is 0.306 e. The van der Waals surface area contributed by atoms with Crippen molar-refractivity contribution >= 4 is 5.97 Å². The molecular weight excluding hydrogens is 805 g/mol. The second-order valence-electron chi connectivity index (χ2n) is 18.3. The molecule has 1 aliphatic heterocycles. The van der Waals surface area contributed by atoms with Crippen molar-refractivity contribution < 1.29 is 44.2 Å².